The average molecular weight is 314 g/mol. The van der Waals surface area contributed by atoms with Crippen molar-refractivity contribution in [2.75, 3.05) is 25.6 Å². The number of halogens is 2. The second kappa shape index (κ2) is 7.28. The van der Waals surface area contributed by atoms with Crippen molar-refractivity contribution in [3.63, 3.8) is 0 Å². The fraction of sp³-hybridized carbons (Fsp3) is 0.231. The molecule has 1 aromatic carbocycles. The van der Waals surface area contributed by atoms with Crippen molar-refractivity contribution in [2.24, 2.45) is 0 Å². The van der Waals surface area contributed by atoms with Gasteiger partial charge >= 0.3 is 0 Å². The number of anilines is 2. The molecule has 0 radical (unpaired) electrons. The van der Waals surface area contributed by atoms with Crippen LogP contribution in [0.3, 0.4) is 0 Å². The lowest BCUT2D eigenvalue weighted by atomic mass is 10.3. The van der Waals surface area contributed by atoms with Gasteiger partial charge in [0.2, 0.25) is 5.28 Å². The van der Waals surface area contributed by atoms with Gasteiger partial charge in [-0.3, -0.25) is 0 Å². The van der Waals surface area contributed by atoms with E-state index in [1.54, 1.807) is 7.11 Å². The predicted octanol–water partition coefficient (Wildman–Crippen LogP) is 3.55. The fourth-order valence-corrected chi connectivity index (χ4v) is 1.76. The van der Waals surface area contributed by atoms with E-state index in [0.717, 1.165) is 5.69 Å². The maximum Gasteiger partial charge on any atom is 0.224 e. The third-order valence-corrected chi connectivity index (χ3v) is 2.86. The van der Waals surface area contributed by atoms with Gasteiger partial charge in [-0.05, 0) is 23.7 Å². The van der Waals surface area contributed by atoms with E-state index in [0.29, 0.717) is 29.8 Å². The van der Waals surface area contributed by atoms with Crippen LogP contribution in [0.15, 0.2) is 30.5 Å². The second-order valence-corrected chi connectivity index (χ2v) is 4.54. The highest BCUT2D eigenvalue weighted by Gasteiger charge is 2.08. The summed E-state index contributed by atoms with van der Waals surface area (Å²) >= 11 is 11.8. The first-order chi connectivity index (χ1) is 9.70. The molecule has 1 N–H and O–H groups in total. The Morgan fingerprint density at radius 1 is 1.20 bits per heavy atom. The minimum Gasteiger partial charge on any atom is -0.489 e. The van der Waals surface area contributed by atoms with Gasteiger partial charge in [0.05, 0.1) is 18.5 Å². The maximum atomic E-state index is 6.02. The maximum absolute atomic E-state index is 6.02. The summed E-state index contributed by atoms with van der Waals surface area (Å²) in [5, 5.41) is 3.57. The topological polar surface area (TPSA) is 56.3 Å². The molecule has 0 aliphatic rings. The van der Waals surface area contributed by atoms with Crippen LogP contribution in [0.2, 0.25) is 10.3 Å². The minimum atomic E-state index is 0.120. The van der Waals surface area contributed by atoms with Crippen LogP contribution in [0.25, 0.3) is 0 Å². The molecule has 0 saturated carbocycles. The van der Waals surface area contributed by atoms with Crippen molar-refractivity contribution >= 4 is 34.7 Å². The molecule has 0 bridgehead atoms. The molecule has 0 atom stereocenters. The van der Waals surface area contributed by atoms with Gasteiger partial charge in [-0.1, -0.05) is 23.7 Å². The Morgan fingerprint density at radius 3 is 2.80 bits per heavy atom. The Labute approximate surface area is 126 Å². The number of aromatic nitrogens is 2. The van der Waals surface area contributed by atoms with Crippen molar-refractivity contribution in [3.8, 4) is 5.75 Å². The number of ether oxygens (including phenoxy) is 2. The molecule has 0 fully saturated rings. The number of methoxy groups -OCH3 is 1. The summed E-state index contributed by atoms with van der Waals surface area (Å²) < 4.78 is 10.6. The number of para-hydroxylation sites is 2. The second-order valence-electron chi connectivity index (χ2n) is 3.80. The number of hydrogen-bond acceptors (Lipinski definition) is 5. The van der Waals surface area contributed by atoms with E-state index in [1.807, 2.05) is 24.3 Å². The normalized spacial score (nSPS) is 10.3. The van der Waals surface area contributed by atoms with E-state index in [1.165, 1.54) is 6.20 Å². The molecule has 106 valence electrons. The molecular weight excluding hydrogens is 301 g/mol. The Hall–Kier alpha value is -1.56. The molecule has 0 aliphatic heterocycles. The first-order valence-corrected chi connectivity index (χ1v) is 6.62. The number of rotatable bonds is 6. The van der Waals surface area contributed by atoms with Gasteiger partial charge < -0.3 is 14.8 Å². The van der Waals surface area contributed by atoms with Gasteiger partial charge in [-0.2, -0.15) is 4.98 Å². The standard InChI is InChI=1S/C13H13Cl2N3O2/c1-19-6-7-20-11-5-3-2-4-10(11)17-12-9(14)8-16-13(15)18-12/h2-5,8H,6-7H2,1H3,(H,16,17,18). The highest BCUT2D eigenvalue weighted by Crippen LogP contribution is 2.29. The largest absolute Gasteiger partial charge is 0.489 e. The van der Waals surface area contributed by atoms with Crippen molar-refractivity contribution in [1.82, 2.24) is 9.97 Å². The number of nitrogens with zero attached hydrogens (tertiary/aromatic N) is 2. The Kier molecular flexibility index (Phi) is 5.40. The predicted molar refractivity (Wildman–Crippen MR) is 79.1 cm³/mol. The van der Waals surface area contributed by atoms with Crippen LogP contribution in [0.1, 0.15) is 0 Å². The quantitative estimate of drug-likeness (QED) is 0.653. The highest BCUT2D eigenvalue weighted by atomic mass is 35.5. The van der Waals surface area contributed by atoms with E-state index in [-0.39, 0.29) is 5.28 Å². The van der Waals surface area contributed by atoms with Gasteiger partial charge in [0, 0.05) is 7.11 Å². The molecule has 2 rings (SSSR count). The monoisotopic (exact) mass is 313 g/mol. The molecule has 0 spiro atoms. The first kappa shape index (κ1) is 14.8. The zero-order chi connectivity index (χ0) is 14.4. The third-order valence-electron chi connectivity index (χ3n) is 2.40. The summed E-state index contributed by atoms with van der Waals surface area (Å²) in [7, 11) is 1.62. The number of nitrogens with one attached hydrogen (secondary N) is 1. The van der Waals surface area contributed by atoms with Crippen LogP contribution in [0.4, 0.5) is 11.5 Å². The number of benzene rings is 1. The molecule has 0 saturated heterocycles. The summed E-state index contributed by atoms with van der Waals surface area (Å²) in [6, 6.07) is 7.45. The molecule has 0 aliphatic carbocycles. The fourth-order valence-electron chi connectivity index (χ4n) is 1.49. The molecular formula is C13H13Cl2N3O2. The molecule has 0 amide bonds. The van der Waals surface area contributed by atoms with Gasteiger partial charge in [0.1, 0.15) is 17.4 Å². The molecule has 0 unspecified atom stereocenters. The minimum absolute atomic E-state index is 0.120. The van der Waals surface area contributed by atoms with Crippen molar-refractivity contribution in [2.45, 2.75) is 0 Å². The molecule has 2 aromatic rings. The van der Waals surface area contributed by atoms with E-state index in [2.05, 4.69) is 15.3 Å². The van der Waals surface area contributed by atoms with E-state index >= 15 is 0 Å². The lowest BCUT2D eigenvalue weighted by Gasteiger charge is -2.13. The Bertz CT molecular complexity index is 581. The summed E-state index contributed by atoms with van der Waals surface area (Å²) in [5.41, 5.74) is 0.736. The van der Waals surface area contributed by atoms with Crippen LogP contribution in [0.5, 0.6) is 5.75 Å². The lowest BCUT2D eigenvalue weighted by molar-refractivity contribution is 0.146. The van der Waals surface area contributed by atoms with Crippen LogP contribution in [-0.2, 0) is 4.74 Å². The van der Waals surface area contributed by atoms with Crippen LogP contribution >= 0.6 is 23.2 Å². The number of hydrogen-bond donors (Lipinski definition) is 1. The molecule has 7 heteroatoms. The SMILES string of the molecule is COCCOc1ccccc1Nc1nc(Cl)ncc1Cl. The van der Waals surface area contributed by atoms with E-state index in [9.17, 15) is 0 Å². The van der Waals surface area contributed by atoms with Crippen molar-refractivity contribution < 1.29 is 9.47 Å². The van der Waals surface area contributed by atoms with Gasteiger partial charge in [0.25, 0.3) is 0 Å². The van der Waals surface area contributed by atoms with Crippen molar-refractivity contribution in [3.05, 3.63) is 40.8 Å². The molecule has 5 nitrogen and oxygen atoms in total. The molecule has 1 aromatic heterocycles. The van der Waals surface area contributed by atoms with E-state index < -0.39 is 0 Å². The lowest BCUT2D eigenvalue weighted by Crippen LogP contribution is -2.06. The third kappa shape index (κ3) is 3.96. The zero-order valence-corrected chi connectivity index (χ0v) is 12.3. The van der Waals surface area contributed by atoms with Crippen molar-refractivity contribution in [1.29, 1.82) is 0 Å². The summed E-state index contributed by atoms with van der Waals surface area (Å²) in [5.74, 6) is 1.10. The van der Waals surface area contributed by atoms with Gasteiger partial charge in [-0.25, -0.2) is 4.98 Å². The first-order valence-electron chi connectivity index (χ1n) is 5.86. The zero-order valence-electron chi connectivity index (χ0n) is 10.8. The highest BCUT2D eigenvalue weighted by molar-refractivity contribution is 6.33. The van der Waals surface area contributed by atoms with Gasteiger partial charge in [-0.15, -0.1) is 0 Å². The average Bonchev–Trinajstić information content (AvgIpc) is 2.45. The molecule has 20 heavy (non-hydrogen) atoms. The molecule has 1 heterocycles. The van der Waals surface area contributed by atoms with Gasteiger partial charge in [0.15, 0.2) is 5.82 Å². The van der Waals surface area contributed by atoms with Crippen LogP contribution < -0.4 is 10.1 Å². The Morgan fingerprint density at radius 2 is 2.00 bits per heavy atom. The summed E-state index contributed by atoms with van der Waals surface area (Å²) in [6.07, 6.45) is 1.44. The summed E-state index contributed by atoms with van der Waals surface area (Å²) in [4.78, 5) is 7.84. The smallest absolute Gasteiger partial charge is 0.224 e. The Balaban J connectivity index is 2.18. The van der Waals surface area contributed by atoms with Crippen LogP contribution in [-0.4, -0.2) is 30.3 Å². The van der Waals surface area contributed by atoms with E-state index in [4.69, 9.17) is 32.7 Å². The summed E-state index contributed by atoms with van der Waals surface area (Å²) in [6.45, 7) is 0.960. The van der Waals surface area contributed by atoms with Crippen LogP contribution in [0, 0.1) is 0 Å².